The molecule has 0 bridgehead atoms. The summed E-state index contributed by atoms with van der Waals surface area (Å²) in [5, 5.41) is 9.16. The average Bonchev–Trinajstić information content (AvgIpc) is 2.47. The molecule has 0 amide bonds. The Labute approximate surface area is 132 Å². The predicted molar refractivity (Wildman–Crippen MR) is 79.8 cm³/mol. The molecule has 0 radical (unpaired) electrons. The van der Waals surface area contributed by atoms with Gasteiger partial charge in [0.25, 0.3) is 0 Å². The molecule has 1 aromatic heterocycles. The number of rotatable bonds is 3. The number of anilines is 1. The van der Waals surface area contributed by atoms with Gasteiger partial charge >= 0.3 is 12.1 Å². The molecule has 0 atom stereocenters. The number of allylic oxidation sites excluding steroid dienone is 1. The maximum atomic E-state index is 12.6. The summed E-state index contributed by atoms with van der Waals surface area (Å²) in [5.74, 6) is -0.969. The zero-order valence-electron chi connectivity index (χ0n) is 12.8. The molecule has 1 aliphatic rings. The van der Waals surface area contributed by atoms with Crippen molar-refractivity contribution in [1.82, 2.24) is 4.98 Å². The Morgan fingerprint density at radius 2 is 1.96 bits per heavy atom. The highest BCUT2D eigenvalue weighted by Gasteiger charge is 2.33. The number of pyridine rings is 1. The van der Waals surface area contributed by atoms with E-state index in [1.54, 1.807) is 6.92 Å². The molecule has 1 fully saturated rings. The lowest BCUT2D eigenvalue weighted by Gasteiger charge is -2.26. The Balaban J connectivity index is 2.16. The molecule has 0 saturated heterocycles. The molecule has 126 valence electrons. The molecular formula is C16H19F3N2O2. The fourth-order valence-corrected chi connectivity index (χ4v) is 3.12. The van der Waals surface area contributed by atoms with E-state index in [2.05, 4.69) is 4.98 Å². The first kappa shape index (κ1) is 17.3. The number of aromatic nitrogens is 1. The second-order valence-corrected chi connectivity index (χ2v) is 5.68. The van der Waals surface area contributed by atoms with Crippen molar-refractivity contribution in [2.45, 2.75) is 51.1 Å². The summed E-state index contributed by atoms with van der Waals surface area (Å²) in [6.45, 7) is 1.81. The summed E-state index contributed by atoms with van der Waals surface area (Å²) in [6.07, 6.45) is -1.44. The number of carbonyl (C=O) groups is 1. The van der Waals surface area contributed by atoms with E-state index < -0.39 is 17.8 Å². The van der Waals surface area contributed by atoms with Crippen molar-refractivity contribution in [3.8, 4) is 0 Å². The van der Waals surface area contributed by atoms with Gasteiger partial charge in [-0.15, -0.1) is 0 Å². The number of aliphatic carboxylic acids is 1. The molecule has 7 heteroatoms. The number of nitrogen functional groups attached to an aromatic ring is 1. The van der Waals surface area contributed by atoms with Crippen LogP contribution in [0.1, 0.15) is 56.2 Å². The van der Waals surface area contributed by atoms with Crippen LogP contribution in [0.15, 0.2) is 23.3 Å². The van der Waals surface area contributed by atoms with Crippen molar-refractivity contribution in [3.05, 3.63) is 34.5 Å². The van der Waals surface area contributed by atoms with E-state index in [0.717, 1.165) is 11.6 Å². The van der Waals surface area contributed by atoms with E-state index in [0.29, 0.717) is 43.2 Å². The largest absolute Gasteiger partial charge is 0.478 e. The Morgan fingerprint density at radius 3 is 2.39 bits per heavy atom. The molecule has 4 nitrogen and oxygen atoms in total. The number of halogens is 3. The number of hydrogen-bond acceptors (Lipinski definition) is 3. The van der Waals surface area contributed by atoms with E-state index in [9.17, 15) is 18.0 Å². The standard InChI is InChI=1S/C16H19F3N2O2/c1-2-11(15(22)23)9-3-5-10(6-4-9)12-7-8-13(16(17,18)19)21-14(12)20/h7-8,10H,2-6H2,1H3,(H2,20,21)(H,22,23). The van der Waals surface area contributed by atoms with Gasteiger partial charge in [0.2, 0.25) is 0 Å². The molecule has 1 aliphatic carbocycles. The molecule has 0 unspecified atom stereocenters. The summed E-state index contributed by atoms with van der Waals surface area (Å²) < 4.78 is 37.9. The Kier molecular flexibility index (Phi) is 4.97. The fraction of sp³-hybridized carbons (Fsp3) is 0.500. The molecule has 0 spiro atoms. The van der Waals surface area contributed by atoms with Crippen molar-refractivity contribution in [3.63, 3.8) is 0 Å². The van der Waals surface area contributed by atoms with Crippen LogP contribution in [0.5, 0.6) is 0 Å². The maximum absolute atomic E-state index is 12.6. The zero-order chi connectivity index (χ0) is 17.2. The minimum atomic E-state index is -4.51. The predicted octanol–water partition coefficient (Wildman–Crippen LogP) is 4.13. The van der Waals surface area contributed by atoms with Gasteiger partial charge in [0, 0.05) is 5.57 Å². The average molecular weight is 328 g/mol. The van der Waals surface area contributed by atoms with Crippen molar-refractivity contribution < 1.29 is 23.1 Å². The summed E-state index contributed by atoms with van der Waals surface area (Å²) >= 11 is 0. The molecule has 23 heavy (non-hydrogen) atoms. The first-order valence-corrected chi connectivity index (χ1v) is 7.51. The van der Waals surface area contributed by atoms with E-state index >= 15 is 0 Å². The topological polar surface area (TPSA) is 76.2 Å². The number of carboxylic acid groups (broad SMARTS) is 1. The van der Waals surface area contributed by atoms with Crippen LogP contribution in [0.2, 0.25) is 0 Å². The lowest BCUT2D eigenvalue weighted by Crippen LogP contribution is -2.15. The van der Waals surface area contributed by atoms with Crippen LogP contribution in [0.4, 0.5) is 19.0 Å². The van der Waals surface area contributed by atoms with Crippen molar-refractivity contribution in [2.24, 2.45) is 0 Å². The van der Waals surface area contributed by atoms with Gasteiger partial charge in [0.15, 0.2) is 0 Å². The summed E-state index contributed by atoms with van der Waals surface area (Å²) in [4.78, 5) is 14.6. The van der Waals surface area contributed by atoms with Crippen molar-refractivity contribution in [2.75, 3.05) is 5.73 Å². The van der Waals surface area contributed by atoms with Crippen LogP contribution in [-0.4, -0.2) is 16.1 Å². The minimum absolute atomic E-state index is 0.0143. The quantitative estimate of drug-likeness (QED) is 0.818. The minimum Gasteiger partial charge on any atom is -0.478 e. The van der Waals surface area contributed by atoms with Crippen LogP contribution < -0.4 is 5.73 Å². The third-order valence-electron chi connectivity index (χ3n) is 4.32. The smallest absolute Gasteiger partial charge is 0.433 e. The SMILES string of the molecule is CCC(C(=O)O)=C1CCC(c2ccc(C(F)(F)F)nc2N)CC1. The third kappa shape index (κ3) is 3.83. The summed E-state index contributed by atoms with van der Waals surface area (Å²) in [6, 6.07) is 2.34. The zero-order valence-corrected chi connectivity index (χ0v) is 12.8. The van der Waals surface area contributed by atoms with Crippen LogP contribution in [0.3, 0.4) is 0 Å². The Bertz CT molecular complexity index is 629. The second-order valence-electron chi connectivity index (χ2n) is 5.68. The monoisotopic (exact) mass is 328 g/mol. The third-order valence-corrected chi connectivity index (χ3v) is 4.32. The van der Waals surface area contributed by atoms with Crippen molar-refractivity contribution in [1.29, 1.82) is 0 Å². The van der Waals surface area contributed by atoms with Crippen LogP contribution in [-0.2, 0) is 11.0 Å². The van der Waals surface area contributed by atoms with Crippen molar-refractivity contribution >= 4 is 11.8 Å². The van der Waals surface area contributed by atoms with Gasteiger partial charge in [0.1, 0.15) is 11.5 Å². The maximum Gasteiger partial charge on any atom is 0.433 e. The van der Waals surface area contributed by atoms with Crippen LogP contribution >= 0.6 is 0 Å². The highest BCUT2D eigenvalue weighted by molar-refractivity contribution is 5.87. The number of carboxylic acids is 1. The normalized spacial score (nSPS) is 18.8. The molecule has 3 N–H and O–H groups in total. The molecule has 1 saturated carbocycles. The summed E-state index contributed by atoms with van der Waals surface area (Å²) in [7, 11) is 0. The second kappa shape index (κ2) is 6.60. The van der Waals surface area contributed by atoms with E-state index in [-0.39, 0.29) is 11.7 Å². The van der Waals surface area contributed by atoms with Crippen LogP contribution in [0.25, 0.3) is 0 Å². The lowest BCUT2D eigenvalue weighted by atomic mass is 9.80. The molecule has 2 rings (SSSR count). The Hall–Kier alpha value is -2.05. The molecular weight excluding hydrogens is 309 g/mol. The van der Waals surface area contributed by atoms with Gasteiger partial charge in [-0.05, 0) is 49.7 Å². The highest BCUT2D eigenvalue weighted by atomic mass is 19.4. The Morgan fingerprint density at radius 1 is 1.35 bits per heavy atom. The summed E-state index contributed by atoms with van der Waals surface area (Å²) in [5.41, 5.74) is 6.70. The van der Waals surface area contributed by atoms with Gasteiger partial charge in [-0.3, -0.25) is 0 Å². The lowest BCUT2D eigenvalue weighted by molar-refractivity contribution is -0.141. The van der Waals surface area contributed by atoms with Gasteiger partial charge < -0.3 is 10.8 Å². The fourth-order valence-electron chi connectivity index (χ4n) is 3.12. The van der Waals surface area contributed by atoms with Gasteiger partial charge in [-0.25, -0.2) is 9.78 Å². The first-order chi connectivity index (χ1) is 10.7. The number of hydrogen-bond donors (Lipinski definition) is 2. The highest BCUT2D eigenvalue weighted by Crippen LogP contribution is 2.39. The number of alkyl halides is 3. The first-order valence-electron chi connectivity index (χ1n) is 7.51. The van der Waals surface area contributed by atoms with Gasteiger partial charge in [-0.2, -0.15) is 13.2 Å². The van der Waals surface area contributed by atoms with Gasteiger partial charge in [0.05, 0.1) is 0 Å². The molecule has 1 aromatic rings. The molecule has 1 heterocycles. The number of nitrogens with zero attached hydrogens (tertiary/aromatic N) is 1. The van der Waals surface area contributed by atoms with E-state index in [1.165, 1.54) is 6.07 Å². The van der Waals surface area contributed by atoms with E-state index in [1.807, 2.05) is 0 Å². The molecule has 0 aromatic carbocycles. The van der Waals surface area contributed by atoms with Crippen LogP contribution in [0, 0.1) is 0 Å². The van der Waals surface area contributed by atoms with Gasteiger partial charge in [-0.1, -0.05) is 18.6 Å². The van der Waals surface area contributed by atoms with E-state index in [4.69, 9.17) is 10.8 Å². The molecule has 0 aliphatic heterocycles. The number of nitrogens with two attached hydrogens (primary N) is 1.